The van der Waals surface area contributed by atoms with Crippen molar-refractivity contribution in [2.75, 3.05) is 11.5 Å². The summed E-state index contributed by atoms with van der Waals surface area (Å²) in [5, 5.41) is 12.3. The van der Waals surface area contributed by atoms with Crippen LogP contribution in [0.4, 0.5) is 0 Å². The summed E-state index contributed by atoms with van der Waals surface area (Å²) in [7, 11) is 0. The van der Waals surface area contributed by atoms with Crippen molar-refractivity contribution < 1.29 is 14.7 Å². The van der Waals surface area contributed by atoms with Crippen molar-refractivity contribution >= 4 is 23.6 Å². The van der Waals surface area contributed by atoms with Crippen LogP contribution in [0.1, 0.15) is 40.7 Å². The van der Waals surface area contributed by atoms with Gasteiger partial charge in [-0.25, -0.2) is 4.79 Å². The topological polar surface area (TPSA) is 66.4 Å². The average Bonchev–Trinajstić information content (AvgIpc) is 2.95. The molecule has 4 nitrogen and oxygen atoms in total. The van der Waals surface area contributed by atoms with Gasteiger partial charge in [0.25, 0.3) is 5.91 Å². The Morgan fingerprint density at radius 1 is 1.14 bits per heavy atom. The zero-order chi connectivity index (χ0) is 14.9. The van der Waals surface area contributed by atoms with Gasteiger partial charge in [0.15, 0.2) is 0 Å². The second-order valence-electron chi connectivity index (χ2n) is 5.79. The lowest BCUT2D eigenvalue weighted by Crippen LogP contribution is -2.56. The maximum atomic E-state index is 12.4. The lowest BCUT2D eigenvalue weighted by Gasteiger charge is -2.33. The van der Waals surface area contributed by atoms with E-state index in [9.17, 15) is 14.7 Å². The zero-order valence-corrected chi connectivity index (χ0v) is 12.7. The molecule has 0 aromatic heterocycles. The Morgan fingerprint density at radius 3 is 2.57 bits per heavy atom. The SMILES string of the molecule is O=C(NC1(C(=O)O)CCSCC1)c1ccc2c(c1)CCC2. The van der Waals surface area contributed by atoms with Crippen LogP contribution in [0.15, 0.2) is 18.2 Å². The third-order valence-electron chi connectivity index (χ3n) is 4.47. The first-order chi connectivity index (χ1) is 10.1. The fraction of sp³-hybridized carbons (Fsp3) is 0.500. The molecule has 2 aliphatic rings. The molecule has 21 heavy (non-hydrogen) atoms. The molecule has 1 heterocycles. The van der Waals surface area contributed by atoms with Crippen molar-refractivity contribution in [2.45, 2.75) is 37.6 Å². The summed E-state index contributed by atoms with van der Waals surface area (Å²) in [4.78, 5) is 24.0. The molecule has 1 fully saturated rings. The van der Waals surface area contributed by atoms with Gasteiger partial charge in [-0.2, -0.15) is 11.8 Å². The number of aliphatic carboxylic acids is 1. The lowest BCUT2D eigenvalue weighted by atomic mass is 9.91. The fourth-order valence-corrected chi connectivity index (χ4v) is 4.30. The van der Waals surface area contributed by atoms with Gasteiger partial charge in [-0.1, -0.05) is 6.07 Å². The summed E-state index contributed by atoms with van der Waals surface area (Å²) in [6.45, 7) is 0. The monoisotopic (exact) mass is 305 g/mol. The highest BCUT2D eigenvalue weighted by atomic mass is 32.2. The van der Waals surface area contributed by atoms with E-state index in [0.29, 0.717) is 18.4 Å². The molecule has 0 atom stereocenters. The summed E-state index contributed by atoms with van der Waals surface area (Å²) in [5.41, 5.74) is 2.02. The Kier molecular flexibility index (Phi) is 3.93. The van der Waals surface area contributed by atoms with Gasteiger partial charge >= 0.3 is 5.97 Å². The highest BCUT2D eigenvalue weighted by Crippen LogP contribution is 2.28. The number of aryl methyl sites for hydroxylation is 2. The number of carbonyl (C=O) groups is 2. The number of nitrogens with one attached hydrogen (secondary N) is 1. The summed E-state index contributed by atoms with van der Waals surface area (Å²) >= 11 is 1.74. The van der Waals surface area contributed by atoms with E-state index >= 15 is 0 Å². The summed E-state index contributed by atoms with van der Waals surface area (Å²) in [6.07, 6.45) is 4.20. The highest BCUT2D eigenvalue weighted by molar-refractivity contribution is 7.99. The van der Waals surface area contributed by atoms with Gasteiger partial charge < -0.3 is 10.4 Å². The molecule has 1 aliphatic carbocycles. The minimum Gasteiger partial charge on any atom is -0.480 e. The quantitative estimate of drug-likeness (QED) is 0.899. The van der Waals surface area contributed by atoms with Crippen molar-refractivity contribution in [3.8, 4) is 0 Å². The summed E-state index contributed by atoms with van der Waals surface area (Å²) < 4.78 is 0. The Bertz CT molecular complexity index is 579. The predicted octanol–water partition coefficient (Wildman–Crippen LogP) is 2.26. The smallest absolute Gasteiger partial charge is 0.329 e. The standard InChI is InChI=1S/C16H19NO3S/c18-14(13-5-4-11-2-1-3-12(11)10-13)17-16(15(19)20)6-8-21-9-7-16/h4-5,10H,1-3,6-9H2,(H,17,18)(H,19,20). The Morgan fingerprint density at radius 2 is 1.86 bits per heavy atom. The molecule has 2 N–H and O–H groups in total. The number of carboxylic acids is 1. The fourth-order valence-electron chi connectivity index (χ4n) is 3.11. The van der Waals surface area contributed by atoms with Gasteiger partial charge in [-0.05, 0) is 66.9 Å². The van der Waals surface area contributed by atoms with Crippen molar-refractivity contribution in [3.05, 3.63) is 34.9 Å². The molecule has 5 heteroatoms. The molecule has 1 aromatic carbocycles. The second-order valence-corrected chi connectivity index (χ2v) is 7.02. The van der Waals surface area contributed by atoms with Crippen LogP contribution in [0.2, 0.25) is 0 Å². The molecule has 0 bridgehead atoms. The number of rotatable bonds is 3. The molecular weight excluding hydrogens is 286 g/mol. The Hall–Kier alpha value is -1.49. The van der Waals surface area contributed by atoms with Crippen LogP contribution in [0.5, 0.6) is 0 Å². The van der Waals surface area contributed by atoms with E-state index in [1.165, 1.54) is 11.1 Å². The van der Waals surface area contributed by atoms with E-state index in [1.807, 2.05) is 18.2 Å². The molecular formula is C16H19NO3S. The molecule has 112 valence electrons. The predicted molar refractivity (Wildman–Crippen MR) is 82.9 cm³/mol. The molecule has 3 rings (SSSR count). The number of amides is 1. The third-order valence-corrected chi connectivity index (χ3v) is 5.45. The van der Waals surface area contributed by atoms with Crippen LogP contribution < -0.4 is 5.32 Å². The van der Waals surface area contributed by atoms with Gasteiger partial charge in [0.1, 0.15) is 5.54 Å². The first kappa shape index (κ1) is 14.4. The van der Waals surface area contributed by atoms with Crippen molar-refractivity contribution in [2.24, 2.45) is 0 Å². The number of carbonyl (C=O) groups excluding carboxylic acids is 1. The van der Waals surface area contributed by atoms with Gasteiger partial charge in [0, 0.05) is 5.56 Å². The zero-order valence-electron chi connectivity index (χ0n) is 11.9. The second kappa shape index (κ2) is 5.72. The largest absolute Gasteiger partial charge is 0.480 e. The maximum absolute atomic E-state index is 12.4. The van der Waals surface area contributed by atoms with E-state index in [-0.39, 0.29) is 5.91 Å². The first-order valence-corrected chi connectivity index (χ1v) is 8.52. The number of carboxylic acid groups (broad SMARTS) is 1. The van der Waals surface area contributed by atoms with Crippen molar-refractivity contribution in [3.63, 3.8) is 0 Å². The molecule has 0 saturated carbocycles. The van der Waals surface area contributed by atoms with E-state index < -0.39 is 11.5 Å². The Balaban J connectivity index is 1.80. The minimum atomic E-state index is -1.10. The maximum Gasteiger partial charge on any atom is 0.329 e. The minimum absolute atomic E-state index is 0.265. The van der Waals surface area contributed by atoms with Crippen LogP contribution in [-0.4, -0.2) is 34.0 Å². The number of benzene rings is 1. The molecule has 0 unspecified atom stereocenters. The molecule has 1 amide bonds. The molecule has 1 saturated heterocycles. The lowest BCUT2D eigenvalue weighted by molar-refractivity contribution is -0.144. The van der Waals surface area contributed by atoms with E-state index in [4.69, 9.17) is 0 Å². The van der Waals surface area contributed by atoms with Gasteiger partial charge in [-0.3, -0.25) is 4.79 Å². The molecule has 1 aromatic rings. The Labute approximate surface area is 128 Å². The molecule has 0 radical (unpaired) electrons. The summed E-state index contributed by atoms with van der Waals surface area (Å²) in [5.74, 6) is 0.365. The number of hydrogen-bond donors (Lipinski definition) is 2. The van der Waals surface area contributed by atoms with Crippen molar-refractivity contribution in [1.29, 1.82) is 0 Å². The van der Waals surface area contributed by atoms with E-state index in [0.717, 1.165) is 30.8 Å². The highest BCUT2D eigenvalue weighted by Gasteiger charge is 2.41. The van der Waals surface area contributed by atoms with E-state index in [1.54, 1.807) is 11.8 Å². The third kappa shape index (κ3) is 2.79. The van der Waals surface area contributed by atoms with Crippen molar-refractivity contribution in [1.82, 2.24) is 5.32 Å². The van der Waals surface area contributed by atoms with Crippen LogP contribution in [-0.2, 0) is 17.6 Å². The molecule has 0 spiro atoms. The van der Waals surface area contributed by atoms with Crippen LogP contribution in [0, 0.1) is 0 Å². The van der Waals surface area contributed by atoms with Gasteiger partial charge in [0.05, 0.1) is 0 Å². The normalized spacial score (nSPS) is 19.8. The van der Waals surface area contributed by atoms with E-state index in [2.05, 4.69) is 5.32 Å². The van der Waals surface area contributed by atoms with Crippen LogP contribution in [0.25, 0.3) is 0 Å². The van der Waals surface area contributed by atoms with Gasteiger partial charge in [0.2, 0.25) is 0 Å². The number of hydrogen-bond acceptors (Lipinski definition) is 3. The summed E-state index contributed by atoms with van der Waals surface area (Å²) in [6, 6.07) is 5.73. The van der Waals surface area contributed by atoms with Crippen LogP contribution in [0.3, 0.4) is 0 Å². The molecule has 1 aliphatic heterocycles. The first-order valence-electron chi connectivity index (χ1n) is 7.36. The average molecular weight is 305 g/mol. The van der Waals surface area contributed by atoms with Crippen LogP contribution >= 0.6 is 11.8 Å². The number of fused-ring (bicyclic) bond motifs is 1. The number of thioether (sulfide) groups is 1. The van der Waals surface area contributed by atoms with Gasteiger partial charge in [-0.15, -0.1) is 0 Å².